The number of hydrogen-bond acceptors (Lipinski definition) is 2. The first-order valence-corrected chi connectivity index (χ1v) is 10.2. The summed E-state index contributed by atoms with van der Waals surface area (Å²) in [5.41, 5.74) is 4.22. The number of nitrogens with zero attached hydrogens (tertiary/aromatic N) is 3. The number of benzene rings is 3. The molecule has 0 saturated carbocycles. The highest BCUT2D eigenvalue weighted by Crippen LogP contribution is 2.22. The Morgan fingerprint density at radius 2 is 1.84 bits per heavy atom. The largest absolute Gasteiger partial charge is 0.361 e. The number of carbonyl (C=O) groups is 1. The average Bonchev–Trinajstić information content (AvgIpc) is 3.15. The molecule has 1 aromatic heterocycles. The fourth-order valence-electron chi connectivity index (χ4n) is 3.40. The first-order valence-electron chi connectivity index (χ1n) is 9.79. The van der Waals surface area contributed by atoms with Crippen LogP contribution in [0.4, 0.5) is 4.39 Å². The molecule has 31 heavy (non-hydrogen) atoms. The lowest BCUT2D eigenvalue weighted by molar-refractivity contribution is 0.0992. The highest BCUT2D eigenvalue weighted by Gasteiger charge is 2.11. The molecule has 1 heterocycles. The van der Waals surface area contributed by atoms with Crippen LogP contribution >= 0.6 is 11.6 Å². The maximum atomic E-state index is 13.4. The van der Waals surface area contributed by atoms with Gasteiger partial charge in [-0.1, -0.05) is 35.9 Å². The van der Waals surface area contributed by atoms with Crippen LogP contribution < -0.4 is 4.91 Å². The molecule has 0 radical (unpaired) electrons. The molecular formula is C24H19ClFN4O+. The Hall–Kier alpha value is -3.60. The molecule has 0 spiro atoms. The SMILES string of the molecule is O=C(N=[N+]=NCCc1c[nH]c2ccc(Cl)cc12)c1cccc(Cc2cccc(F)c2)c1. The normalized spacial score (nSPS) is 10.6. The van der Waals surface area contributed by atoms with Crippen molar-refractivity contribution >= 4 is 28.4 Å². The van der Waals surface area contributed by atoms with Gasteiger partial charge in [0.25, 0.3) is 0 Å². The summed E-state index contributed by atoms with van der Waals surface area (Å²) in [5, 5.41) is 9.40. The van der Waals surface area contributed by atoms with E-state index in [1.807, 2.05) is 36.5 Å². The van der Waals surface area contributed by atoms with Crippen LogP contribution in [0.15, 0.2) is 83.2 Å². The fourth-order valence-corrected chi connectivity index (χ4v) is 3.57. The van der Waals surface area contributed by atoms with Crippen LogP contribution in [0.1, 0.15) is 27.0 Å². The van der Waals surface area contributed by atoms with Crippen LogP contribution in [0.25, 0.3) is 10.9 Å². The van der Waals surface area contributed by atoms with Crippen LogP contribution in [0, 0.1) is 5.82 Å². The zero-order valence-electron chi connectivity index (χ0n) is 16.6. The van der Waals surface area contributed by atoms with Gasteiger partial charge in [0, 0.05) is 34.1 Å². The minimum absolute atomic E-state index is 0.282. The lowest BCUT2D eigenvalue weighted by Crippen LogP contribution is -1.98. The van der Waals surface area contributed by atoms with E-state index in [1.165, 1.54) is 12.1 Å². The Bertz CT molecular complexity index is 1310. The number of H-pyrrole nitrogens is 1. The van der Waals surface area contributed by atoms with Crippen molar-refractivity contribution in [2.75, 3.05) is 6.54 Å². The van der Waals surface area contributed by atoms with E-state index in [0.717, 1.165) is 27.6 Å². The molecule has 7 heteroatoms. The zero-order valence-corrected chi connectivity index (χ0v) is 17.3. The van der Waals surface area contributed by atoms with Gasteiger partial charge in [-0.05, 0) is 65.6 Å². The number of carbonyl (C=O) groups excluding carboxylic acids is 1. The number of nitrogens with one attached hydrogen (secondary N) is 1. The van der Waals surface area contributed by atoms with Crippen molar-refractivity contribution in [2.24, 2.45) is 10.2 Å². The predicted octanol–water partition coefficient (Wildman–Crippen LogP) is 5.91. The summed E-state index contributed by atoms with van der Waals surface area (Å²) < 4.78 is 13.4. The summed E-state index contributed by atoms with van der Waals surface area (Å²) in [6, 6.07) is 19.1. The average molecular weight is 434 g/mol. The van der Waals surface area contributed by atoms with Crippen molar-refractivity contribution in [1.29, 1.82) is 0 Å². The van der Waals surface area contributed by atoms with Gasteiger partial charge in [0.05, 0.1) is 0 Å². The van der Waals surface area contributed by atoms with Gasteiger partial charge in [0.1, 0.15) is 17.5 Å². The molecule has 0 saturated heterocycles. The Kier molecular flexibility index (Phi) is 6.32. The molecule has 0 aliphatic heterocycles. The number of aromatic nitrogens is 1. The van der Waals surface area contributed by atoms with Crippen molar-refractivity contribution in [3.8, 4) is 0 Å². The quantitative estimate of drug-likeness (QED) is 0.298. The Morgan fingerprint density at radius 3 is 2.68 bits per heavy atom. The molecule has 1 N–H and O–H groups in total. The van der Waals surface area contributed by atoms with Gasteiger partial charge in [-0.2, -0.15) is 0 Å². The maximum absolute atomic E-state index is 13.4. The summed E-state index contributed by atoms with van der Waals surface area (Å²) in [5.74, 6) is -0.750. The molecule has 0 unspecified atom stereocenters. The van der Waals surface area contributed by atoms with Gasteiger partial charge in [0.2, 0.25) is 10.0 Å². The molecule has 0 aliphatic rings. The topological polar surface area (TPSA) is 71.7 Å². The molecule has 1 amide bonds. The molecule has 154 valence electrons. The van der Waals surface area contributed by atoms with Crippen molar-refractivity contribution < 1.29 is 9.18 Å². The summed E-state index contributed by atoms with van der Waals surface area (Å²) in [4.78, 5) is 19.2. The molecule has 3 aromatic carbocycles. The Balaban J connectivity index is 1.38. The van der Waals surface area contributed by atoms with E-state index >= 15 is 0 Å². The highest BCUT2D eigenvalue weighted by atomic mass is 35.5. The second-order valence-electron chi connectivity index (χ2n) is 7.12. The molecule has 5 nitrogen and oxygen atoms in total. The number of aromatic amines is 1. The van der Waals surface area contributed by atoms with Crippen LogP contribution in [-0.4, -0.2) is 17.4 Å². The van der Waals surface area contributed by atoms with Gasteiger partial charge < -0.3 is 4.98 Å². The molecule has 0 atom stereocenters. The zero-order chi connectivity index (χ0) is 21.6. The Labute approximate surface area is 183 Å². The summed E-state index contributed by atoms with van der Waals surface area (Å²) in [6.07, 6.45) is 3.09. The lowest BCUT2D eigenvalue weighted by Gasteiger charge is -2.03. The molecule has 4 rings (SSSR count). The molecule has 0 aliphatic carbocycles. The number of fused-ring (bicyclic) bond motifs is 1. The third kappa shape index (κ3) is 5.31. The van der Waals surface area contributed by atoms with E-state index in [1.54, 1.807) is 24.3 Å². The summed E-state index contributed by atoms with van der Waals surface area (Å²) in [6.45, 7) is 0.399. The van der Waals surface area contributed by atoms with Crippen molar-refractivity contribution in [3.05, 3.63) is 106 Å². The first-order chi connectivity index (χ1) is 15.1. The van der Waals surface area contributed by atoms with Crippen molar-refractivity contribution in [1.82, 2.24) is 9.90 Å². The predicted molar refractivity (Wildman–Crippen MR) is 119 cm³/mol. The van der Waals surface area contributed by atoms with Crippen molar-refractivity contribution in [3.63, 3.8) is 0 Å². The highest BCUT2D eigenvalue weighted by molar-refractivity contribution is 6.31. The van der Waals surface area contributed by atoms with Gasteiger partial charge in [-0.25, -0.2) is 4.39 Å². The number of rotatable bonds is 6. The smallest absolute Gasteiger partial charge is 0.360 e. The van der Waals surface area contributed by atoms with E-state index < -0.39 is 5.91 Å². The second-order valence-corrected chi connectivity index (χ2v) is 7.56. The fraction of sp³-hybridized carbons (Fsp3) is 0.125. The number of hydrogen-bond donors (Lipinski definition) is 1. The van der Waals surface area contributed by atoms with Gasteiger partial charge in [-0.3, -0.25) is 4.79 Å². The van der Waals surface area contributed by atoms with E-state index in [-0.39, 0.29) is 5.82 Å². The van der Waals surface area contributed by atoms with E-state index in [4.69, 9.17) is 11.6 Å². The maximum Gasteiger partial charge on any atom is 0.360 e. The monoisotopic (exact) mass is 433 g/mol. The van der Waals surface area contributed by atoms with Crippen molar-refractivity contribution in [2.45, 2.75) is 12.8 Å². The van der Waals surface area contributed by atoms with Crippen LogP contribution in [0.3, 0.4) is 0 Å². The summed E-state index contributed by atoms with van der Waals surface area (Å²) in [7, 11) is 0. The van der Waals surface area contributed by atoms with Gasteiger partial charge >= 0.3 is 5.91 Å². The van der Waals surface area contributed by atoms with Crippen LogP contribution in [-0.2, 0) is 12.8 Å². The standard InChI is InChI=1S/C24H18ClFN4O/c25-20-7-8-23-22(14-20)19(15-27-23)9-10-28-30-29-24(31)18-5-1-3-16(12-18)11-17-4-2-6-21(26)13-17/h1-8,12-15H,9-11H2/p+1. The van der Waals surface area contributed by atoms with Crippen LogP contribution in [0.5, 0.6) is 0 Å². The number of amides is 1. The third-order valence-corrected chi connectivity index (χ3v) is 5.12. The molecule has 4 aromatic rings. The van der Waals surface area contributed by atoms with Crippen LogP contribution in [0.2, 0.25) is 5.02 Å². The minimum Gasteiger partial charge on any atom is -0.361 e. The second kappa shape index (κ2) is 9.47. The van der Waals surface area contributed by atoms with Gasteiger partial charge in [0.15, 0.2) is 0 Å². The van der Waals surface area contributed by atoms with E-state index in [9.17, 15) is 9.18 Å². The van der Waals surface area contributed by atoms with E-state index in [2.05, 4.69) is 20.1 Å². The van der Waals surface area contributed by atoms with Gasteiger partial charge in [-0.15, -0.1) is 0 Å². The van der Waals surface area contributed by atoms with E-state index in [0.29, 0.717) is 30.0 Å². The molecule has 0 bridgehead atoms. The number of halogens is 2. The lowest BCUT2D eigenvalue weighted by atomic mass is 10.0. The minimum atomic E-state index is -0.469. The third-order valence-electron chi connectivity index (χ3n) is 4.88. The first kappa shape index (κ1) is 20.7. The Morgan fingerprint density at radius 1 is 1.03 bits per heavy atom. The summed E-state index contributed by atoms with van der Waals surface area (Å²) >= 11 is 6.06. The molecule has 0 fully saturated rings. The molecular weight excluding hydrogens is 415 g/mol.